The van der Waals surface area contributed by atoms with Gasteiger partial charge in [-0.15, -0.1) is 11.3 Å². The van der Waals surface area contributed by atoms with Gasteiger partial charge in [0.25, 0.3) is 0 Å². The van der Waals surface area contributed by atoms with Gasteiger partial charge < -0.3 is 10.6 Å². The molecule has 2 fully saturated rings. The number of nitrogens with zero attached hydrogens (tertiary/aromatic N) is 1. The van der Waals surface area contributed by atoms with Crippen LogP contribution in [0.5, 0.6) is 0 Å². The Morgan fingerprint density at radius 1 is 1.41 bits per heavy atom. The van der Waals surface area contributed by atoms with Gasteiger partial charge in [-0.1, -0.05) is 0 Å². The highest BCUT2D eigenvalue weighted by Crippen LogP contribution is 2.42. The number of likely N-dealkylation sites (tertiary alicyclic amines) is 1. The number of thiophene rings is 1. The molecule has 2 heterocycles. The predicted molar refractivity (Wildman–Crippen MR) is 68.9 cm³/mol. The summed E-state index contributed by atoms with van der Waals surface area (Å²) in [5, 5.41) is 2.10. The molecule has 3 nitrogen and oxygen atoms in total. The number of nitrogens with two attached hydrogens (primary N) is 1. The van der Waals surface area contributed by atoms with Crippen LogP contribution >= 0.6 is 11.3 Å². The number of hydrogen-bond acceptors (Lipinski definition) is 3. The molecule has 0 radical (unpaired) electrons. The molecule has 1 saturated carbocycles. The largest absolute Gasteiger partial charge is 0.330 e. The van der Waals surface area contributed by atoms with Crippen molar-refractivity contribution < 1.29 is 4.79 Å². The summed E-state index contributed by atoms with van der Waals surface area (Å²) in [7, 11) is 0. The summed E-state index contributed by atoms with van der Waals surface area (Å²) in [6.07, 6.45) is 3.75. The van der Waals surface area contributed by atoms with Gasteiger partial charge in [0.15, 0.2) is 0 Å². The van der Waals surface area contributed by atoms with Crippen molar-refractivity contribution in [2.75, 3.05) is 0 Å². The highest BCUT2D eigenvalue weighted by Gasteiger charge is 2.43. The van der Waals surface area contributed by atoms with Crippen molar-refractivity contribution in [2.24, 2.45) is 5.73 Å². The number of piperidine rings is 1. The summed E-state index contributed by atoms with van der Waals surface area (Å²) in [6.45, 7) is 2.11. The Kier molecular flexibility index (Phi) is 2.71. The molecule has 2 unspecified atom stereocenters. The number of hydrogen-bond donors (Lipinski definition) is 1. The number of aryl methyl sites for hydroxylation is 1. The van der Waals surface area contributed by atoms with Gasteiger partial charge in [-0.3, -0.25) is 4.79 Å². The molecule has 2 atom stereocenters. The Bertz CT molecular complexity index is 438. The lowest BCUT2D eigenvalue weighted by Crippen LogP contribution is -2.49. The van der Waals surface area contributed by atoms with E-state index >= 15 is 0 Å². The number of carbonyl (C=O) groups is 1. The molecule has 92 valence electrons. The molecule has 1 saturated heterocycles. The topological polar surface area (TPSA) is 46.3 Å². The molecular formula is C13H18N2OS. The van der Waals surface area contributed by atoms with Gasteiger partial charge in [0.05, 0.1) is 6.04 Å². The van der Waals surface area contributed by atoms with Crippen LogP contribution in [-0.4, -0.2) is 22.9 Å². The van der Waals surface area contributed by atoms with E-state index in [1.807, 2.05) is 0 Å². The van der Waals surface area contributed by atoms with Gasteiger partial charge in [-0.25, -0.2) is 0 Å². The van der Waals surface area contributed by atoms with E-state index in [-0.39, 0.29) is 12.1 Å². The van der Waals surface area contributed by atoms with Crippen molar-refractivity contribution in [3.63, 3.8) is 0 Å². The molecule has 1 aromatic rings. The first-order chi connectivity index (χ1) is 8.18. The summed E-state index contributed by atoms with van der Waals surface area (Å²) in [5.41, 5.74) is 7.54. The summed E-state index contributed by atoms with van der Waals surface area (Å²) in [6, 6.07) is 2.81. The zero-order chi connectivity index (χ0) is 12.0. The normalized spacial score (nSPS) is 29.8. The van der Waals surface area contributed by atoms with E-state index in [9.17, 15) is 4.79 Å². The zero-order valence-electron chi connectivity index (χ0n) is 10.1. The lowest BCUT2D eigenvalue weighted by molar-refractivity contribution is -0.138. The first-order valence-electron chi connectivity index (χ1n) is 6.29. The predicted octanol–water partition coefficient (Wildman–Crippen LogP) is 2.21. The zero-order valence-corrected chi connectivity index (χ0v) is 10.9. The number of rotatable bonds is 2. The third kappa shape index (κ3) is 1.89. The van der Waals surface area contributed by atoms with Crippen molar-refractivity contribution in [3.05, 3.63) is 21.9 Å². The van der Waals surface area contributed by atoms with Crippen molar-refractivity contribution in [2.45, 2.75) is 50.7 Å². The maximum Gasteiger partial charge on any atom is 0.223 e. The van der Waals surface area contributed by atoms with Crippen LogP contribution in [0.25, 0.3) is 0 Å². The quantitative estimate of drug-likeness (QED) is 0.874. The molecule has 0 spiro atoms. The van der Waals surface area contributed by atoms with Gasteiger partial charge in [-0.2, -0.15) is 0 Å². The minimum atomic E-state index is 0.102. The van der Waals surface area contributed by atoms with Gasteiger partial charge in [0.2, 0.25) is 5.91 Å². The van der Waals surface area contributed by atoms with E-state index < -0.39 is 0 Å². The minimum Gasteiger partial charge on any atom is -0.330 e. The second kappa shape index (κ2) is 4.10. The van der Waals surface area contributed by atoms with E-state index in [2.05, 4.69) is 23.3 Å². The van der Waals surface area contributed by atoms with Crippen molar-refractivity contribution in [3.8, 4) is 0 Å². The van der Waals surface area contributed by atoms with Gasteiger partial charge in [-0.05, 0) is 43.2 Å². The second-order valence-corrected chi connectivity index (χ2v) is 6.10. The first-order valence-corrected chi connectivity index (χ1v) is 7.17. The molecule has 0 bridgehead atoms. The molecule has 1 aliphatic carbocycles. The molecule has 0 aromatic carbocycles. The lowest BCUT2D eigenvalue weighted by Gasteiger charge is -2.40. The smallest absolute Gasteiger partial charge is 0.223 e. The van der Waals surface area contributed by atoms with Crippen LogP contribution in [0.2, 0.25) is 0 Å². The van der Waals surface area contributed by atoms with E-state index in [0.717, 1.165) is 19.3 Å². The fourth-order valence-corrected chi connectivity index (χ4v) is 3.83. The first kappa shape index (κ1) is 11.2. The van der Waals surface area contributed by atoms with E-state index in [0.29, 0.717) is 18.4 Å². The van der Waals surface area contributed by atoms with Crippen LogP contribution in [0.4, 0.5) is 0 Å². The highest BCUT2D eigenvalue weighted by atomic mass is 32.1. The van der Waals surface area contributed by atoms with Gasteiger partial charge >= 0.3 is 0 Å². The summed E-state index contributed by atoms with van der Waals surface area (Å²) in [5.74, 6) is 0.298. The van der Waals surface area contributed by atoms with Crippen molar-refractivity contribution in [1.82, 2.24) is 4.90 Å². The Balaban J connectivity index is 1.97. The molecule has 2 N–H and O–H groups in total. The minimum absolute atomic E-state index is 0.102. The SMILES string of the molecule is Cc1ccsc1C1C(N)CCC(=O)N1C1CC1. The summed E-state index contributed by atoms with van der Waals surface area (Å²) >= 11 is 1.74. The monoisotopic (exact) mass is 250 g/mol. The Labute approximate surface area is 106 Å². The molecular weight excluding hydrogens is 232 g/mol. The summed E-state index contributed by atoms with van der Waals surface area (Å²) < 4.78 is 0. The molecule has 1 aliphatic heterocycles. The van der Waals surface area contributed by atoms with Crippen LogP contribution in [0.3, 0.4) is 0 Å². The van der Waals surface area contributed by atoms with E-state index in [4.69, 9.17) is 5.73 Å². The Hall–Kier alpha value is -0.870. The lowest BCUT2D eigenvalue weighted by atomic mass is 9.93. The Morgan fingerprint density at radius 2 is 2.18 bits per heavy atom. The van der Waals surface area contributed by atoms with Crippen LogP contribution in [0.1, 0.15) is 42.2 Å². The molecule has 3 rings (SSSR count). The highest BCUT2D eigenvalue weighted by molar-refractivity contribution is 7.10. The number of carbonyl (C=O) groups excluding carboxylic acids is 1. The fourth-order valence-electron chi connectivity index (χ4n) is 2.73. The van der Waals surface area contributed by atoms with E-state index in [1.165, 1.54) is 10.4 Å². The van der Waals surface area contributed by atoms with Gasteiger partial charge in [0, 0.05) is 23.4 Å². The molecule has 2 aliphatic rings. The third-order valence-corrected chi connectivity index (χ3v) is 4.88. The van der Waals surface area contributed by atoms with Crippen LogP contribution in [0.15, 0.2) is 11.4 Å². The van der Waals surface area contributed by atoms with E-state index in [1.54, 1.807) is 11.3 Å². The van der Waals surface area contributed by atoms with Crippen LogP contribution in [-0.2, 0) is 4.79 Å². The van der Waals surface area contributed by atoms with Crippen molar-refractivity contribution >= 4 is 17.2 Å². The second-order valence-electron chi connectivity index (χ2n) is 5.15. The third-order valence-electron chi connectivity index (χ3n) is 3.80. The Morgan fingerprint density at radius 3 is 2.76 bits per heavy atom. The average Bonchev–Trinajstić information content (AvgIpc) is 3.05. The van der Waals surface area contributed by atoms with Gasteiger partial charge in [0.1, 0.15) is 0 Å². The molecule has 1 amide bonds. The fraction of sp³-hybridized carbons (Fsp3) is 0.615. The number of amides is 1. The summed E-state index contributed by atoms with van der Waals surface area (Å²) in [4.78, 5) is 15.5. The standard InChI is InChI=1S/C13H18N2OS/c1-8-6-7-17-13(8)12-10(14)4-5-11(16)15(12)9-2-3-9/h6-7,9-10,12H,2-5,14H2,1H3. The molecule has 1 aromatic heterocycles. The van der Waals surface area contributed by atoms with Crippen LogP contribution < -0.4 is 5.73 Å². The maximum atomic E-state index is 12.1. The molecule has 17 heavy (non-hydrogen) atoms. The van der Waals surface area contributed by atoms with Crippen LogP contribution in [0, 0.1) is 6.92 Å². The molecule has 4 heteroatoms. The maximum absolute atomic E-state index is 12.1. The average molecular weight is 250 g/mol. The van der Waals surface area contributed by atoms with Crippen molar-refractivity contribution in [1.29, 1.82) is 0 Å².